The summed E-state index contributed by atoms with van der Waals surface area (Å²) in [5.41, 5.74) is 6.68. The topological polar surface area (TPSA) is 64.7 Å². The minimum absolute atomic E-state index is 0.0722. The number of rotatable bonds is 4. The van der Waals surface area contributed by atoms with Crippen LogP contribution in [0.5, 0.6) is 11.5 Å². The molecule has 0 aromatic heterocycles. The number of methoxy groups -OCH3 is 2. The number of aliphatic hydroxyl groups is 1. The largest absolute Gasteiger partial charge is 0.495 e. The average Bonchev–Trinajstić information content (AvgIpc) is 2.47. The smallest absolute Gasteiger partial charge is 0.171 e. The van der Waals surface area contributed by atoms with Crippen LogP contribution < -0.4 is 15.2 Å². The molecule has 0 aliphatic heterocycles. The van der Waals surface area contributed by atoms with E-state index < -0.39 is 11.9 Å². The van der Waals surface area contributed by atoms with E-state index in [4.69, 9.17) is 15.2 Å². The minimum Gasteiger partial charge on any atom is -0.495 e. The van der Waals surface area contributed by atoms with Crippen LogP contribution in [-0.2, 0) is 0 Å². The second kappa shape index (κ2) is 5.79. The van der Waals surface area contributed by atoms with E-state index in [-0.39, 0.29) is 17.0 Å². The number of para-hydroxylation sites is 1. The fraction of sp³-hybridized carbons (Fsp3) is 0.200. The highest BCUT2D eigenvalue weighted by molar-refractivity contribution is 5.60. The Kier molecular flexibility index (Phi) is 4.10. The van der Waals surface area contributed by atoms with Crippen LogP contribution >= 0.6 is 0 Å². The molecular formula is C15H16FNO3. The Hall–Kier alpha value is -2.27. The number of nitrogens with two attached hydrogens (primary N) is 1. The summed E-state index contributed by atoms with van der Waals surface area (Å²) >= 11 is 0. The lowest BCUT2D eigenvalue weighted by molar-refractivity contribution is 0.213. The van der Waals surface area contributed by atoms with Crippen molar-refractivity contribution in [3.8, 4) is 11.5 Å². The molecule has 3 N–H and O–H groups in total. The van der Waals surface area contributed by atoms with Crippen LogP contribution in [0, 0.1) is 5.82 Å². The summed E-state index contributed by atoms with van der Waals surface area (Å²) in [4.78, 5) is 0. The number of hydrogen-bond acceptors (Lipinski definition) is 4. The summed E-state index contributed by atoms with van der Waals surface area (Å²) in [5.74, 6) is -0.0995. The van der Waals surface area contributed by atoms with Crippen molar-refractivity contribution in [1.29, 1.82) is 0 Å². The second-order valence-corrected chi connectivity index (χ2v) is 4.23. The molecule has 2 aromatic carbocycles. The van der Waals surface area contributed by atoms with Gasteiger partial charge in [0, 0.05) is 11.1 Å². The predicted molar refractivity (Wildman–Crippen MR) is 74.4 cm³/mol. The Morgan fingerprint density at radius 3 is 2.15 bits per heavy atom. The fourth-order valence-corrected chi connectivity index (χ4v) is 2.04. The van der Waals surface area contributed by atoms with Crippen LogP contribution in [0.1, 0.15) is 17.2 Å². The number of hydrogen-bond donors (Lipinski definition) is 2. The van der Waals surface area contributed by atoms with E-state index in [0.717, 1.165) is 0 Å². The molecule has 0 aliphatic rings. The van der Waals surface area contributed by atoms with E-state index in [0.29, 0.717) is 11.3 Å². The molecule has 0 fully saturated rings. The summed E-state index contributed by atoms with van der Waals surface area (Å²) < 4.78 is 24.2. The van der Waals surface area contributed by atoms with Gasteiger partial charge in [-0.05, 0) is 12.1 Å². The maximum absolute atomic E-state index is 14.2. The molecule has 20 heavy (non-hydrogen) atoms. The molecule has 0 radical (unpaired) electrons. The average molecular weight is 277 g/mol. The molecule has 2 rings (SSSR count). The summed E-state index contributed by atoms with van der Waals surface area (Å²) in [6, 6.07) is 9.57. The number of halogens is 1. The third-order valence-corrected chi connectivity index (χ3v) is 3.12. The molecule has 0 amide bonds. The summed E-state index contributed by atoms with van der Waals surface area (Å²) in [6.07, 6.45) is -1.19. The zero-order valence-corrected chi connectivity index (χ0v) is 11.3. The molecule has 0 spiro atoms. The zero-order chi connectivity index (χ0) is 14.7. The molecule has 5 heteroatoms. The lowest BCUT2D eigenvalue weighted by Crippen LogP contribution is -2.07. The van der Waals surface area contributed by atoms with E-state index in [1.165, 1.54) is 26.4 Å². The first-order chi connectivity index (χ1) is 9.60. The van der Waals surface area contributed by atoms with Gasteiger partial charge in [-0.3, -0.25) is 0 Å². The Labute approximate surface area is 116 Å². The highest BCUT2D eigenvalue weighted by Crippen LogP contribution is 2.35. The van der Waals surface area contributed by atoms with Gasteiger partial charge in [0.15, 0.2) is 11.6 Å². The third-order valence-electron chi connectivity index (χ3n) is 3.12. The van der Waals surface area contributed by atoms with Crippen LogP contribution in [0.15, 0.2) is 36.4 Å². The normalized spacial score (nSPS) is 12.0. The van der Waals surface area contributed by atoms with Crippen molar-refractivity contribution >= 4 is 5.69 Å². The fourth-order valence-electron chi connectivity index (χ4n) is 2.04. The summed E-state index contributed by atoms with van der Waals surface area (Å²) in [6.45, 7) is 0. The van der Waals surface area contributed by atoms with E-state index in [1.807, 2.05) is 0 Å². The Morgan fingerprint density at radius 1 is 1.00 bits per heavy atom. The Morgan fingerprint density at radius 2 is 1.55 bits per heavy atom. The lowest BCUT2D eigenvalue weighted by atomic mass is 9.99. The molecule has 0 bridgehead atoms. The molecule has 1 atom stereocenters. The SMILES string of the molecule is COc1cccc(C(O)c2cccc(OC)c2F)c1N. The number of nitrogen functional groups attached to an aromatic ring is 1. The Bertz CT molecular complexity index is 563. The molecule has 0 aliphatic carbocycles. The van der Waals surface area contributed by atoms with Gasteiger partial charge in [-0.25, -0.2) is 4.39 Å². The minimum atomic E-state index is -1.19. The van der Waals surface area contributed by atoms with Crippen LogP contribution in [0.4, 0.5) is 10.1 Å². The molecular weight excluding hydrogens is 261 g/mol. The van der Waals surface area contributed by atoms with Gasteiger partial charge in [-0.1, -0.05) is 24.3 Å². The van der Waals surface area contributed by atoms with Gasteiger partial charge in [-0.15, -0.1) is 0 Å². The van der Waals surface area contributed by atoms with Crippen LogP contribution in [-0.4, -0.2) is 19.3 Å². The highest BCUT2D eigenvalue weighted by atomic mass is 19.1. The number of ether oxygens (including phenoxy) is 2. The first-order valence-electron chi connectivity index (χ1n) is 6.03. The maximum Gasteiger partial charge on any atom is 0.171 e. The van der Waals surface area contributed by atoms with E-state index in [1.54, 1.807) is 24.3 Å². The van der Waals surface area contributed by atoms with Crippen molar-refractivity contribution in [3.63, 3.8) is 0 Å². The second-order valence-electron chi connectivity index (χ2n) is 4.23. The van der Waals surface area contributed by atoms with Crippen molar-refractivity contribution in [3.05, 3.63) is 53.3 Å². The number of benzene rings is 2. The first kappa shape index (κ1) is 14.1. The maximum atomic E-state index is 14.2. The van der Waals surface area contributed by atoms with Gasteiger partial charge in [0.2, 0.25) is 0 Å². The number of aliphatic hydroxyl groups excluding tert-OH is 1. The Balaban J connectivity index is 2.49. The van der Waals surface area contributed by atoms with Gasteiger partial charge < -0.3 is 20.3 Å². The van der Waals surface area contributed by atoms with Gasteiger partial charge in [0.1, 0.15) is 11.9 Å². The first-order valence-corrected chi connectivity index (χ1v) is 6.03. The van der Waals surface area contributed by atoms with Gasteiger partial charge >= 0.3 is 0 Å². The van der Waals surface area contributed by atoms with E-state index in [2.05, 4.69) is 0 Å². The summed E-state index contributed by atoms with van der Waals surface area (Å²) in [7, 11) is 2.85. The molecule has 2 aromatic rings. The quantitative estimate of drug-likeness (QED) is 0.843. The van der Waals surface area contributed by atoms with E-state index >= 15 is 0 Å². The number of anilines is 1. The molecule has 1 unspecified atom stereocenters. The van der Waals surface area contributed by atoms with Crippen LogP contribution in [0.25, 0.3) is 0 Å². The van der Waals surface area contributed by atoms with Crippen LogP contribution in [0.3, 0.4) is 0 Å². The van der Waals surface area contributed by atoms with Crippen molar-refractivity contribution in [1.82, 2.24) is 0 Å². The zero-order valence-electron chi connectivity index (χ0n) is 11.3. The standard InChI is InChI=1S/C15H16FNO3/c1-19-11-7-3-5-9(13(11)16)15(18)10-6-4-8-12(20-2)14(10)17/h3-8,15,18H,17H2,1-2H3. The molecule has 0 heterocycles. The highest BCUT2D eigenvalue weighted by Gasteiger charge is 2.21. The van der Waals surface area contributed by atoms with Crippen molar-refractivity contribution in [2.24, 2.45) is 0 Å². The predicted octanol–water partition coefficient (Wildman–Crippen LogP) is 2.51. The molecule has 106 valence electrons. The van der Waals surface area contributed by atoms with Crippen LogP contribution in [0.2, 0.25) is 0 Å². The monoisotopic (exact) mass is 277 g/mol. The third kappa shape index (κ3) is 2.40. The van der Waals surface area contributed by atoms with Crippen molar-refractivity contribution in [2.45, 2.75) is 6.10 Å². The van der Waals surface area contributed by atoms with Gasteiger partial charge in [0.25, 0.3) is 0 Å². The summed E-state index contributed by atoms with van der Waals surface area (Å²) in [5, 5.41) is 10.4. The van der Waals surface area contributed by atoms with E-state index in [9.17, 15) is 9.50 Å². The van der Waals surface area contributed by atoms with Crippen molar-refractivity contribution < 1.29 is 19.0 Å². The molecule has 0 saturated carbocycles. The molecule has 4 nitrogen and oxygen atoms in total. The van der Waals surface area contributed by atoms with Gasteiger partial charge in [0.05, 0.1) is 19.9 Å². The lowest BCUT2D eigenvalue weighted by Gasteiger charge is -2.17. The van der Waals surface area contributed by atoms with Gasteiger partial charge in [-0.2, -0.15) is 0 Å². The van der Waals surface area contributed by atoms with Crippen molar-refractivity contribution in [2.75, 3.05) is 20.0 Å². The molecule has 0 saturated heterocycles.